The summed E-state index contributed by atoms with van der Waals surface area (Å²) in [7, 11) is 1.76. The first-order valence-electron chi connectivity index (χ1n) is 7.89. The fraction of sp³-hybridized carbons (Fsp3) is 0.647. The van der Waals surface area contributed by atoms with E-state index in [4.69, 9.17) is 21.1 Å². The van der Waals surface area contributed by atoms with Crippen LogP contribution in [0.4, 0.5) is 0 Å². The van der Waals surface area contributed by atoms with Crippen LogP contribution in [0.3, 0.4) is 0 Å². The number of hydrogen-bond acceptors (Lipinski definition) is 4. The van der Waals surface area contributed by atoms with Gasteiger partial charge in [-0.15, -0.1) is 0 Å². The van der Waals surface area contributed by atoms with Crippen LogP contribution in [-0.2, 0) is 16.1 Å². The first kappa shape index (κ1) is 17.7. The average Bonchev–Trinajstić information content (AvgIpc) is 2.51. The van der Waals surface area contributed by atoms with E-state index in [0.29, 0.717) is 25.7 Å². The predicted octanol–water partition coefficient (Wildman–Crippen LogP) is 2.58. The molecule has 1 fully saturated rings. The molecule has 0 radical (unpaired) electrons. The SMILES string of the molecule is COCC1CCN(CC(O)COCc2ccc(Cl)cc2)CC1. The number of ether oxygens (including phenoxy) is 2. The summed E-state index contributed by atoms with van der Waals surface area (Å²) in [6, 6.07) is 7.58. The smallest absolute Gasteiger partial charge is 0.0900 e. The van der Waals surface area contributed by atoms with Gasteiger partial charge in [-0.25, -0.2) is 0 Å². The van der Waals surface area contributed by atoms with Gasteiger partial charge < -0.3 is 19.5 Å². The van der Waals surface area contributed by atoms with Gasteiger partial charge in [0, 0.05) is 25.3 Å². The van der Waals surface area contributed by atoms with Gasteiger partial charge in [0.1, 0.15) is 0 Å². The molecule has 1 heterocycles. The minimum Gasteiger partial charge on any atom is -0.389 e. The van der Waals surface area contributed by atoms with Gasteiger partial charge in [-0.05, 0) is 49.5 Å². The first-order chi connectivity index (χ1) is 10.7. The third kappa shape index (κ3) is 6.23. The second-order valence-corrected chi connectivity index (χ2v) is 6.43. The fourth-order valence-corrected chi connectivity index (χ4v) is 2.94. The van der Waals surface area contributed by atoms with E-state index < -0.39 is 6.10 Å². The molecule has 5 heteroatoms. The Morgan fingerprint density at radius 1 is 1.27 bits per heavy atom. The molecule has 2 rings (SSSR count). The van der Waals surface area contributed by atoms with Gasteiger partial charge in [0.2, 0.25) is 0 Å². The van der Waals surface area contributed by atoms with E-state index in [1.807, 2.05) is 24.3 Å². The highest BCUT2D eigenvalue weighted by Gasteiger charge is 2.20. The molecule has 1 aliphatic rings. The van der Waals surface area contributed by atoms with E-state index in [9.17, 15) is 5.11 Å². The number of halogens is 1. The average molecular weight is 328 g/mol. The molecule has 1 N–H and O–H groups in total. The minimum atomic E-state index is -0.439. The number of aliphatic hydroxyl groups excluding tert-OH is 1. The molecular weight excluding hydrogens is 302 g/mol. The Morgan fingerprint density at radius 2 is 1.95 bits per heavy atom. The van der Waals surface area contributed by atoms with Crippen LogP contribution in [0.25, 0.3) is 0 Å². The summed E-state index contributed by atoms with van der Waals surface area (Å²) in [5.74, 6) is 0.666. The summed E-state index contributed by atoms with van der Waals surface area (Å²) in [4.78, 5) is 2.31. The van der Waals surface area contributed by atoms with E-state index in [-0.39, 0.29) is 0 Å². The summed E-state index contributed by atoms with van der Waals surface area (Å²) in [5.41, 5.74) is 1.07. The van der Waals surface area contributed by atoms with Crippen molar-refractivity contribution in [3.63, 3.8) is 0 Å². The number of rotatable bonds is 8. The van der Waals surface area contributed by atoms with Crippen LogP contribution >= 0.6 is 11.6 Å². The summed E-state index contributed by atoms with van der Waals surface area (Å²) in [5, 5.41) is 10.8. The number of methoxy groups -OCH3 is 1. The lowest BCUT2D eigenvalue weighted by molar-refractivity contribution is 0.00151. The van der Waals surface area contributed by atoms with Crippen LogP contribution in [0.1, 0.15) is 18.4 Å². The van der Waals surface area contributed by atoms with Gasteiger partial charge in [0.15, 0.2) is 0 Å². The van der Waals surface area contributed by atoms with Crippen molar-refractivity contribution >= 4 is 11.6 Å². The first-order valence-corrected chi connectivity index (χ1v) is 8.26. The molecule has 124 valence electrons. The van der Waals surface area contributed by atoms with Gasteiger partial charge in [-0.2, -0.15) is 0 Å². The minimum absolute atomic E-state index is 0.362. The third-order valence-electron chi connectivity index (χ3n) is 4.07. The predicted molar refractivity (Wildman–Crippen MR) is 88.2 cm³/mol. The molecule has 0 amide bonds. The second kappa shape index (κ2) is 9.48. The number of hydrogen-bond donors (Lipinski definition) is 1. The molecule has 0 bridgehead atoms. The molecule has 1 unspecified atom stereocenters. The molecule has 0 spiro atoms. The van der Waals surface area contributed by atoms with Crippen molar-refractivity contribution < 1.29 is 14.6 Å². The Morgan fingerprint density at radius 3 is 2.59 bits per heavy atom. The Kier molecular flexibility index (Phi) is 7.63. The molecule has 22 heavy (non-hydrogen) atoms. The van der Waals surface area contributed by atoms with Crippen LogP contribution in [0.15, 0.2) is 24.3 Å². The van der Waals surface area contributed by atoms with Crippen molar-refractivity contribution in [1.82, 2.24) is 4.90 Å². The molecule has 0 saturated carbocycles. The van der Waals surface area contributed by atoms with E-state index in [1.54, 1.807) is 7.11 Å². The Bertz CT molecular complexity index is 418. The standard InChI is InChI=1S/C17H26ClNO3/c1-21-11-15-6-8-19(9-7-15)10-17(20)13-22-12-14-2-4-16(18)5-3-14/h2-5,15,17,20H,6-13H2,1H3. The second-order valence-electron chi connectivity index (χ2n) is 5.99. The van der Waals surface area contributed by atoms with Crippen LogP contribution in [0.2, 0.25) is 5.02 Å². The van der Waals surface area contributed by atoms with Crippen LogP contribution in [0, 0.1) is 5.92 Å². The van der Waals surface area contributed by atoms with Gasteiger partial charge in [0.05, 0.1) is 19.3 Å². The molecule has 0 aliphatic carbocycles. The van der Waals surface area contributed by atoms with Crippen LogP contribution in [-0.4, -0.2) is 56.1 Å². The number of β-amino-alcohol motifs (C(OH)–C–C–N with tert-alkyl or cyclic N) is 1. The summed E-state index contributed by atoms with van der Waals surface area (Å²) in [6.07, 6.45) is 1.85. The maximum absolute atomic E-state index is 10.1. The van der Waals surface area contributed by atoms with Gasteiger partial charge in [-0.3, -0.25) is 0 Å². The Balaban J connectivity index is 1.60. The monoisotopic (exact) mass is 327 g/mol. The summed E-state index contributed by atoms with van der Waals surface area (Å²) >= 11 is 5.84. The molecule has 0 aromatic heterocycles. The quantitative estimate of drug-likeness (QED) is 0.797. The lowest BCUT2D eigenvalue weighted by Gasteiger charge is -2.32. The Labute approximate surface area is 138 Å². The topological polar surface area (TPSA) is 41.9 Å². The number of piperidine rings is 1. The zero-order chi connectivity index (χ0) is 15.8. The van der Waals surface area contributed by atoms with Crippen molar-refractivity contribution in [2.45, 2.75) is 25.6 Å². The molecule has 1 atom stereocenters. The number of nitrogens with zero attached hydrogens (tertiary/aromatic N) is 1. The van der Waals surface area contributed by atoms with Crippen molar-refractivity contribution in [1.29, 1.82) is 0 Å². The van der Waals surface area contributed by atoms with E-state index >= 15 is 0 Å². The number of aliphatic hydroxyl groups is 1. The highest BCUT2D eigenvalue weighted by atomic mass is 35.5. The van der Waals surface area contributed by atoms with E-state index in [1.165, 1.54) is 0 Å². The maximum Gasteiger partial charge on any atom is 0.0900 e. The van der Waals surface area contributed by atoms with Gasteiger partial charge in [-0.1, -0.05) is 23.7 Å². The van der Waals surface area contributed by atoms with Crippen molar-refractivity contribution in [3.8, 4) is 0 Å². The fourth-order valence-electron chi connectivity index (χ4n) is 2.82. The lowest BCUT2D eigenvalue weighted by Crippen LogP contribution is -2.40. The zero-order valence-electron chi connectivity index (χ0n) is 13.2. The lowest BCUT2D eigenvalue weighted by atomic mass is 9.97. The normalized spacial score (nSPS) is 18.5. The largest absolute Gasteiger partial charge is 0.389 e. The van der Waals surface area contributed by atoms with Crippen LogP contribution < -0.4 is 0 Å². The van der Waals surface area contributed by atoms with E-state index in [0.717, 1.165) is 43.1 Å². The molecule has 1 aromatic carbocycles. The Hall–Kier alpha value is -0.650. The van der Waals surface area contributed by atoms with E-state index in [2.05, 4.69) is 4.90 Å². The maximum atomic E-state index is 10.1. The van der Waals surface area contributed by atoms with Crippen molar-refractivity contribution in [2.24, 2.45) is 5.92 Å². The van der Waals surface area contributed by atoms with Gasteiger partial charge in [0.25, 0.3) is 0 Å². The third-order valence-corrected chi connectivity index (χ3v) is 4.32. The van der Waals surface area contributed by atoms with Crippen molar-refractivity contribution in [3.05, 3.63) is 34.9 Å². The van der Waals surface area contributed by atoms with Crippen LogP contribution in [0.5, 0.6) is 0 Å². The molecule has 4 nitrogen and oxygen atoms in total. The molecule has 1 aromatic rings. The summed E-state index contributed by atoms with van der Waals surface area (Å²) < 4.78 is 10.8. The van der Waals surface area contributed by atoms with Gasteiger partial charge >= 0.3 is 0 Å². The molecule has 1 aliphatic heterocycles. The molecule has 1 saturated heterocycles. The highest BCUT2D eigenvalue weighted by molar-refractivity contribution is 6.30. The zero-order valence-corrected chi connectivity index (χ0v) is 14.0. The highest BCUT2D eigenvalue weighted by Crippen LogP contribution is 2.17. The number of benzene rings is 1. The van der Waals surface area contributed by atoms with Crippen molar-refractivity contribution in [2.75, 3.05) is 40.0 Å². The summed E-state index contributed by atoms with van der Waals surface area (Å²) in [6.45, 7) is 4.45. The molecular formula is C17H26ClNO3. The number of likely N-dealkylation sites (tertiary alicyclic amines) is 1.